The van der Waals surface area contributed by atoms with Crippen molar-refractivity contribution in [2.75, 3.05) is 7.11 Å². The fourth-order valence-corrected chi connectivity index (χ4v) is 2.64. The number of para-hydroxylation sites is 1. The normalized spacial score (nSPS) is 11.0. The molecule has 1 aromatic heterocycles. The molecule has 2 aromatic carbocycles. The number of aromatic nitrogens is 1. The fraction of sp³-hybridized carbons (Fsp3) is 0.105. The van der Waals surface area contributed by atoms with Gasteiger partial charge in [-0.2, -0.15) is 5.10 Å². The van der Waals surface area contributed by atoms with Crippen LogP contribution in [0, 0.1) is 0 Å². The number of methoxy groups -OCH3 is 1. The summed E-state index contributed by atoms with van der Waals surface area (Å²) >= 11 is 0. The molecule has 0 fully saturated rings. The first-order valence-corrected chi connectivity index (χ1v) is 7.92. The van der Waals surface area contributed by atoms with E-state index < -0.39 is 5.91 Å². The first kappa shape index (κ1) is 17.2. The number of carbonyl (C=O) groups excluding carboxylic acids is 2. The second-order valence-electron chi connectivity index (χ2n) is 5.62. The second-order valence-corrected chi connectivity index (χ2v) is 5.62. The maximum absolute atomic E-state index is 12.1. The van der Waals surface area contributed by atoms with E-state index in [1.54, 1.807) is 48.4 Å². The van der Waals surface area contributed by atoms with Gasteiger partial charge < -0.3 is 15.0 Å². The first-order chi connectivity index (χ1) is 12.6. The Labute approximate surface area is 150 Å². The molecule has 0 spiro atoms. The van der Waals surface area contributed by atoms with Gasteiger partial charge in [0.05, 0.1) is 13.3 Å². The third kappa shape index (κ3) is 3.72. The predicted octanol–water partition coefficient (Wildman–Crippen LogP) is 1.90. The predicted molar refractivity (Wildman–Crippen MR) is 99.2 cm³/mol. The number of hydrogen-bond acceptors (Lipinski definition) is 4. The molecule has 3 rings (SSSR count). The van der Waals surface area contributed by atoms with E-state index >= 15 is 0 Å². The molecule has 7 nitrogen and oxygen atoms in total. The highest BCUT2D eigenvalue weighted by Gasteiger charge is 2.09. The van der Waals surface area contributed by atoms with E-state index in [0.29, 0.717) is 11.3 Å². The maximum Gasteiger partial charge on any atom is 0.271 e. The standard InChI is InChI=1S/C19H18N4O3/c1-26-15-8-6-13(7-9-15)19(25)22-21-10-14-11-23(12-18(20)24)17-5-3-2-4-16(14)17/h2-11H,12H2,1H3,(H2,20,24)(H,22,25)/b21-10-. The molecule has 0 aliphatic heterocycles. The van der Waals surface area contributed by atoms with Crippen LogP contribution in [-0.2, 0) is 11.3 Å². The summed E-state index contributed by atoms with van der Waals surface area (Å²) in [5.74, 6) is -0.0841. The number of nitrogens with one attached hydrogen (secondary N) is 1. The van der Waals surface area contributed by atoms with Gasteiger partial charge in [-0.05, 0) is 30.3 Å². The molecule has 132 valence electrons. The van der Waals surface area contributed by atoms with Gasteiger partial charge in [0, 0.05) is 28.2 Å². The van der Waals surface area contributed by atoms with E-state index in [4.69, 9.17) is 10.5 Å². The van der Waals surface area contributed by atoms with E-state index in [9.17, 15) is 9.59 Å². The summed E-state index contributed by atoms with van der Waals surface area (Å²) < 4.78 is 6.82. The lowest BCUT2D eigenvalue weighted by atomic mass is 10.2. The first-order valence-electron chi connectivity index (χ1n) is 7.92. The molecule has 0 aliphatic rings. The van der Waals surface area contributed by atoms with Gasteiger partial charge in [-0.25, -0.2) is 5.43 Å². The van der Waals surface area contributed by atoms with E-state index in [1.807, 2.05) is 24.3 Å². The molecule has 1 heterocycles. The second kappa shape index (κ2) is 7.52. The summed E-state index contributed by atoms with van der Waals surface area (Å²) in [6.45, 7) is 0.0760. The largest absolute Gasteiger partial charge is 0.497 e. The minimum Gasteiger partial charge on any atom is -0.497 e. The van der Waals surface area contributed by atoms with Crippen molar-refractivity contribution in [3.63, 3.8) is 0 Å². The number of nitrogens with two attached hydrogens (primary N) is 1. The lowest BCUT2D eigenvalue weighted by molar-refractivity contribution is -0.118. The topological polar surface area (TPSA) is 98.7 Å². The molecule has 0 atom stereocenters. The Bertz CT molecular complexity index is 974. The van der Waals surface area contributed by atoms with Gasteiger partial charge in [-0.1, -0.05) is 18.2 Å². The third-order valence-corrected chi connectivity index (χ3v) is 3.87. The Morgan fingerprint density at radius 3 is 2.62 bits per heavy atom. The SMILES string of the molecule is COc1ccc(C(=O)N/N=C\c2cn(CC(N)=O)c3ccccc23)cc1. The van der Waals surface area contributed by atoms with Crippen LogP contribution in [0.15, 0.2) is 59.8 Å². The van der Waals surface area contributed by atoms with Crippen molar-refractivity contribution >= 4 is 28.9 Å². The number of primary amides is 1. The highest BCUT2D eigenvalue weighted by Crippen LogP contribution is 2.19. The number of hydrazone groups is 1. The van der Waals surface area contributed by atoms with E-state index in [0.717, 1.165) is 16.5 Å². The number of benzene rings is 2. The van der Waals surface area contributed by atoms with Crippen molar-refractivity contribution in [2.24, 2.45) is 10.8 Å². The number of nitrogens with zero attached hydrogens (tertiary/aromatic N) is 2. The average Bonchev–Trinajstić information content (AvgIpc) is 2.99. The third-order valence-electron chi connectivity index (χ3n) is 3.87. The summed E-state index contributed by atoms with van der Waals surface area (Å²) in [6.07, 6.45) is 3.32. The van der Waals surface area contributed by atoms with Gasteiger partial charge in [0.25, 0.3) is 5.91 Å². The Morgan fingerprint density at radius 2 is 1.92 bits per heavy atom. The van der Waals surface area contributed by atoms with Crippen molar-refractivity contribution in [3.8, 4) is 5.75 Å². The maximum atomic E-state index is 12.1. The van der Waals surface area contributed by atoms with Crippen LogP contribution in [0.2, 0.25) is 0 Å². The van der Waals surface area contributed by atoms with Crippen molar-refractivity contribution in [3.05, 3.63) is 65.9 Å². The van der Waals surface area contributed by atoms with Gasteiger partial charge in [0.2, 0.25) is 5.91 Å². The van der Waals surface area contributed by atoms with Crippen LogP contribution in [-0.4, -0.2) is 29.7 Å². The minimum atomic E-state index is -0.429. The van der Waals surface area contributed by atoms with Crippen molar-refractivity contribution < 1.29 is 14.3 Å². The molecule has 0 saturated heterocycles. The summed E-state index contributed by atoms with van der Waals surface area (Å²) in [4.78, 5) is 23.3. The van der Waals surface area contributed by atoms with Crippen molar-refractivity contribution in [2.45, 2.75) is 6.54 Å². The van der Waals surface area contributed by atoms with E-state index in [2.05, 4.69) is 10.5 Å². The smallest absolute Gasteiger partial charge is 0.271 e. The molecule has 26 heavy (non-hydrogen) atoms. The zero-order valence-corrected chi connectivity index (χ0v) is 14.2. The van der Waals surface area contributed by atoms with Crippen LogP contribution in [0.4, 0.5) is 0 Å². The Balaban J connectivity index is 1.77. The molecule has 0 bridgehead atoms. The number of hydrogen-bond donors (Lipinski definition) is 2. The van der Waals surface area contributed by atoms with E-state index in [-0.39, 0.29) is 12.5 Å². The van der Waals surface area contributed by atoms with Crippen LogP contribution in [0.1, 0.15) is 15.9 Å². The monoisotopic (exact) mass is 350 g/mol. The van der Waals surface area contributed by atoms with Gasteiger partial charge in [-0.3, -0.25) is 9.59 Å². The summed E-state index contributed by atoms with van der Waals surface area (Å²) in [6, 6.07) is 14.3. The number of carbonyl (C=O) groups is 2. The molecule has 7 heteroatoms. The summed E-state index contributed by atoms with van der Waals surface area (Å²) in [5.41, 5.74) is 9.89. The van der Waals surface area contributed by atoms with Crippen LogP contribution in [0.3, 0.4) is 0 Å². The van der Waals surface area contributed by atoms with Crippen LogP contribution in [0.25, 0.3) is 10.9 Å². The molecular formula is C19H18N4O3. The minimum absolute atomic E-state index is 0.0760. The number of ether oxygens (including phenoxy) is 1. The van der Waals surface area contributed by atoms with Gasteiger partial charge in [-0.15, -0.1) is 0 Å². The number of amides is 2. The highest BCUT2D eigenvalue weighted by atomic mass is 16.5. The molecule has 0 aliphatic carbocycles. The van der Waals surface area contributed by atoms with Crippen molar-refractivity contribution in [1.29, 1.82) is 0 Å². The van der Waals surface area contributed by atoms with Crippen LogP contribution < -0.4 is 15.9 Å². The lowest BCUT2D eigenvalue weighted by Crippen LogP contribution is -2.18. The summed E-state index contributed by atoms with van der Waals surface area (Å²) in [5, 5.41) is 4.93. The average molecular weight is 350 g/mol. The Hall–Kier alpha value is -3.61. The molecule has 3 N–H and O–H groups in total. The zero-order valence-electron chi connectivity index (χ0n) is 14.2. The highest BCUT2D eigenvalue weighted by molar-refractivity contribution is 6.01. The Morgan fingerprint density at radius 1 is 1.19 bits per heavy atom. The van der Waals surface area contributed by atoms with Crippen LogP contribution in [0.5, 0.6) is 5.75 Å². The molecule has 3 aromatic rings. The van der Waals surface area contributed by atoms with Gasteiger partial charge in [0.1, 0.15) is 12.3 Å². The van der Waals surface area contributed by atoms with Crippen LogP contribution >= 0.6 is 0 Å². The Kier molecular flexibility index (Phi) is 4.98. The molecule has 0 saturated carbocycles. The van der Waals surface area contributed by atoms with Crippen molar-refractivity contribution in [1.82, 2.24) is 9.99 Å². The fourth-order valence-electron chi connectivity index (χ4n) is 2.64. The van der Waals surface area contributed by atoms with E-state index in [1.165, 1.54) is 0 Å². The quantitative estimate of drug-likeness (QED) is 0.525. The molecular weight excluding hydrogens is 332 g/mol. The lowest BCUT2D eigenvalue weighted by Gasteiger charge is -2.01. The number of rotatable bonds is 6. The van der Waals surface area contributed by atoms with Gasteiger partial charge >= 0.3 is 0 Å². The van der Waals surface area contributed by atoms with Gasteiger partial charge in [0.15, 0.2) is 0 Å². The zero-order chi connectivity index (χ0) is 18.5. The summed E-state index contributed by atoms with van der Waals surface area (Å²) in [7, 11) is 1.56. The molecule has 2 amide bonds. The molecule has 0 unspecified atom stereocenters. The number of fused-ring (bicyclic) bond motifs is 1. The molecule has 0 radical (unpaired) electrons.